The molecule has 4 nitrogen and oxygen atoms in total. The maximum Gasteiger partial charge on any atom is 0.287 e. The van der Waals surface area contributed by atoms with Gasteiger partial charge in [0.15, 0.2) is 10.9 Å². The van der Waals surface area contributed by atoms with Crippen LogP contribution in [0.1, 0.15) is 10.6 Å². The molecule has 0 aliphatic heterocycles. The fraction of sp³-hybridized carbons (Fsp3) is 0.444. The summed E-state index contributed by atoms with van der Waals surface area (Å²) in [6, 6.07) is 3.47. The third kappa shape index (κ3) is 4.59. The molecule has 0 fully saturated rings. The Kier molecular flexibility index (Phi) is 7.29. The van der Waals surface area contributed by atoms with Crippen molar-refractivity contribution in [3.8, 4) is 0 Å². The van der Waals surface area contributed by atoms with Crippen LogP contribution in [0.5, 0.6) is 0 Å². The van der Waals surface area contributed by atoms with Crippen LogP contribution in [-0.2, 0) is 0 Å². The van der Waals surface area contributed by atoms with E-state index in [1.165, 1.54) is 11.8 Å². The summed E-state index contributed by atoms with van der Waals surface area (Å²) in [5.41, 5.74) is 0. The number of hydrogen-bond donors (Lipinski definition) is 2. The molecule has 0 aliphatic carbocycles. The number of likely N-dealkylation sites (N-methyl/N-ethyl adjacent to an activating group) is 1. The Morgan fingerprint density at radius 2 is 2.20 bits per heavy atom. The Morgan fingerprint density at radius 1 is 1.47 bits per heavy atom. The van der Waals surface area contributed by atoms with Crippen molar-refractivity contribution in [2.75, 3.05) is 26.4 Å². The van der Waals surface area contributed by atoms with Crippen LogP contribution in [0.4, 0.5) is 0 Å². The molecule has 0 saturated carbocycles. The van der Waals surface area contributed by atoms with Crippen LogP contribution in [-0.4, -0.2) is 32.3 Å². The molecule has 1 amide bonds. The lowest BCUT2D eigenvalue weighted by molar-refractivity contribution is 0.0921. The number of furan rings is 1. The van der Waals surface area contributed by atoms with Gasteiger partial charge < -0.3 is 15.1 Å². The molecule has 6 heteroatoms. The van der Waals surface area contributed by atoms with Crippen LogP contribution in [0.15, 0.2) is 21.6 Å². The van der Waals surface area contributed by atoms with Gasteiger partial charge in [-0.25, -0.2) is 0 Å². The molecule has 1 aromatic rings. The Hall–Kier alpha value is -0.650. The molecule has 0 saturated heterocycles. The molecule has 0 radical (unpaired) electrons. The van der Waals surface area contributed by atoms with Crippen LogP contribution in [0, 0.1) is 0 Å². The maximum absolute atomic E-state index is 11.4. The van der Waals surface area contributed by atoms with Crippen molar-refractivity contribution in [3.63, 3.8) is 0 Å². The molecule has 1 aromatic heterocycles. The average molecular weight is 251 g/mol. The zero-order valence-corrected chi connectivity index (χ0v) is 10.3. The zero-order valence-electron chi connectivity index (χ0n) is 8.70. The summed E-state index contributed by atoms with van der Waals surface area (Å²) in [7, 11) is 1.84. The van der Waals surface area contributed by atoms with Crippen molar-refractivity contribution in [3.05, 3.63) is 17.9 Å². The monoisotopic (exact) mass is 250 g/mol. The normalized spacial score (nSPS) is 9.47. The smallest absolute Gasteiger partial charge is 0.287 e. The number of thioether (sulfide) groups is 1. The van der Waals surface area contributed by atoms with Crippen molar-refractivity contribution in [2.24, 2.45) is 0 Å². The van der Waals surface area contributed by atoms with Crippen LogP contribution in [0.25, 0.3) is 0 Å². The molecule has 0 spiro atoms. The van der Waals surface area contributed by atoms with Gasteiger partial charge in [-0.15, -0.1) is 12.4 Å². The predicted molar refractivity (Wildman–Crippen MR) is 64.0 cm³/mol. The summed E-state index contributed by atoms with van der Waals surface area (Å²) in [4.78, 5) is 11.4. The van der Waals surface area contributed by atoms with Crippen molar-refractivity contribution in [1.82, 2.24) is 10.6 Å². The van der Waals surface area contributed by atoms with Gasteiger partial charge in [0.2, 0.25) is 0 Å². The number of carbonyl (C=O) groups excluding carboxylic acids is 1. The molecule has 0 atom stereocenters. The molecule has 86 valence electrons. The standard InChI is InChI=1S/C9H14N2O2S.ClH/c1-10-5-6-11-9(12)7-3-4-8(13-7)14-2;/h3-4,10H,5-6H2,1-2H3,(H,11,12);1H. The van der Waals surface area contributed by atoms with Crippen molar-refractivity contribution in [1.29, 1.82) is 0 Å². The lowest BCUT2D eigenvalue weighted by Gasteiger charge is -2.01. The molecule has 1 rings (SSSR count). The molecular formula is C9H15ClN2O2S. The van der Waals surface area contributed by atoms with Crippen LogP contribution < -0.4 is 10.6 Å². The average Bonchev–Trinajstić information content (AvgIpc) is 2.66. The lowest BCUT2D eigenvalue weighted by Crippen LogP contribution is -2.30. The second kappa shape index (κ2) is 7.62. The second-order valence-electron chi connectivity index (χ2n) is 2.68. The van der Waals surface area contributed by atoms with Gasteiger partial charge >= 0.3 is 0 Å². The zero-order chi connectivity index (χ0) is 10.4. The summed E-state index contributed by atoms with van der Waals surface area (Å²) in [6.45, 7) is 1.35. The fourth-order valence-electron chi connectivity index (χ4n) is 0.940. The first kappa shape index (κ1) is 14.3. The third-order valence-electron chi connectivity index (χ3n) is 1.67. The summed E-state index contributed by atoms with van der Waals surface area (Å²) in [5.74, 6) is 0.200. The van der Waals surface area contributed by atoms with E-state index < -0.39 is 0 Å². The van der Waals surface area contributed by atoms with Gasteiger partial charge in [-0.3, -0.25) is 4.79 Å². The minimum absolute atomic E-state index is 0. The minimum atomic E-state index is -0.166. The summed E-state index contributed by atoms with van der Waals surface area (Å²) < 4.78 is 5.26. The van der Waals surface area contributed by atoms with E-state index in [0.717, 1.165) is 11.6 Å². The topological polar surface area (TPSA) is 54.3 Å². The third-order valence-corrected chi connectivity index (χ3v) is 2.29. The van der Waals surface area contributed by atoms with Gasteiger partial charge in [0.25, 0.3) is 5.91 Å². The van der Waals surface area contributed by atoms with Crippen molar-refractivity contribution in [2.45, 2.75) is 5.09 Å². The fourth-order valence-corrected chi connectivity index (χ4v) is 1.32. The molecule has 0 unspecified atom stereocenters. The SMILES string of the molecule is CNCCNC(=O)c1ccc(SC)o1.Cl. The lowest BCUT2D eigenvalue weighted by atomic mass is 10.4. The van der Waals surface area contributed by atoms with E-state index in [-0.39, 0.29) is 18.3 Å². The summed E-state index contributed by atoms with van der Waals surface area (Å²) in [6.07, 6.45) is 1.90. The first-order valence-electron chi connectivity index (χ1n) is 4.34. The van der Waals surface area contributed by atoms with E-state index in [4.69, 9.17) is 4.42 Å². The molecule has 1 heterocycles. The quantitative estimate of drug-likeness (QED) is 0.612. The van der Waals surface area contributed by atoms with E-state index in [1.807, 2.05) is 13.3 Å². The van der Waals surface area contributed by atoms with Crippen molar-refractivity contribution >= 4 is 30.1 Å². The van der Waals surface area contributed by atoms with Gasteiger partial charge in [0.1, 0.15) is 0 Å². The van der Waals surface area contributed by atoms with E-state index in [0.29, 0.717) is 12.3 Å². The Bertz CT molecular complexity index is 304. The number of hydrogen-bond acceptors (Lipinski definition) is 4. The van der Waals surface area contributed by atoms with E-state index in [2.05, 4.69) is 10.6 Å². The molecule has 15 heavy (non-hydrogen) atoms. The summed E-state index contributed by atoms with van der Waals surface area (Å²) >= 11 is 1.48. The highest BCUT2D eigenvalue weighted by atomic mass is 35.5. The first-order valence-corrected chi connectivity index (χ1v) is 5.57. The van der Waals surface area contributed by atoms with E-state index >= 15 is 0 Å². The van der Waals surface area contributed by atoms with E-state index in [9.17, 15) is 4.79 Å². The highest BCUT2D eigenvalue weighted by Gasteiger charge is 2.09. The van der Waals surface area contributed by atoms with Crippen LogP contribution >= 0.6 is 24.2 Å². The molecule has 0 aliphatic rings. The van der Waals surface area contributed by atoms with Crippen LogP contribution in [0.3, 0.4) is 0 Å². The number of nitrogens with one attached hydrogen (secondary N) is 2. The van der Waals surface area contributed by atoms with Gasteiger partial charge in [0.05, 0.1) is 0 Å². The minimum Gasteiger partial charge on any atom is -0.445 e. The number of amides is 1. The van der Waals surface area contributed by atoms with Gasteiger partial charge in [0, 0.05) is 13.1 Å². The predicted octanol–water partition coefficient (Wildman–Crippen LogP) is 1.37. The number of halogens is 1. The van der Waals surface area contributed by atoms with Gasteiger partial charge in [-0.05, 0) is 25.4 Å². The van der Waals surface area contributed by atoms with Crippen molar-refractivity contribution < 1.29 is 9.21 Å². The Labute approximate surface area is 99.6 Å². The van der Waals surface area contributed by atoms with Gasteiger partial charge in [-0.2, -0.15) is 0 Å². The number of carbonyl (C=O) groups is 1. The molecule has 0 bridgehead atoms. The van der Waals surface area contributed by atoms with E-state index in [1.54, 1.807) is 12.1 Å². The number of rotatable bonds is 5. The molecular weight excluding hydrogens is 236 g/mol. The van der Waals surface area contributed by atoms with Gasteiger partial charge in [-0.1, -0.05) is 11.8 Å². The Balaban J connectivity index is 0.00000196. The largest absolute Gasteiger partial charge is 0.445 e. The molecule has 2 N–H and O–H groups in total. The Morgan fingerprint density at radius 3 is 2.73 bits per heavy atom. The second-order valence-corrected chi connectivity index (χ2v) is 3.49. The first-order chi connectivity index (χ1) is 6.77. The highest BCUT2D eigenvalue weighted by Crippen LogP contribution is 2.17. The summed E-state index contributed by atoms with van der Waals surface area (Å²) in [5, 5.41) is 6.43. The van der Waals surface area contributed by atoms with Crippen LogP contribution in [0.2, 0.25) is 0 Å². The maximum atomic E-state index is 11.4. The molecule has 0 aromatic carbocycles. The highest BCUT2D eigenvalue weighted by molar-refractivity contribution is 7.98.